The lowest BCUT2D eigenvalue weighted by Crippen LogP contribution is -2.05. The number of ether oxygens (including phenoxy) is 1. The molecule has 0 N–H and O–H groups in total. The van der Waals surface area contributed by atoms with Gasteiger partial charge in [-0.3, -0.25) is 0 Å². The molecular formula is C17H18Cl2O. The molecule has 0 aromatic heterocycles. The van der Waals surface area contributed by atoms with Gasteiger partial charge >= 0.3 is 0 Å². The maximum absolute atomic E-state index is 6.56. The van der Waals surface area contributed by atoms with Crippen molar-refractivity contribution in [2.75, 3.05) is 0 Å². The second kappa shape index (κ2) is 6.51. The Bertz CT molecular complexity index is 576. The number of hydrogen-bond acceptors (Lipinski definition) is 1. The average molecular weight is 309 g/mol. The summed E-state index contributed by atoms with van der Waals surface area (Å²) in [5.74, 6) is 0.862. The molecule has 0 saturated carbocycles. The molecule has 1 unspecified atom stereocenters. The van der Waals surface area contributed by atoms with Crippen molar-refractivity contribution in [3.63, 3.8) is 0 Å². The van der Waals surface area contributed by atoms with Crippen LogP contribution in [0.3, 0.4) is 0 Å². The van der Waals surface area contributed by atoms with Gasteiger partial charge in [-0.2, -0.15) is 0 Å². The van der Waals surface area contributed by atoms with Crippen LogP contribution in [0.25, 0.3) is 0 Å². The Morgan fingerprint density at radius 2 is 1.65 bits per heavy atom. The molecule has 2 rings (SSSR count). The molecule has 0 amide bonds. The van der Waals surface area contributed by atoms with Crippen molar-refractivity contribution in [2.24, 2.45) is 0 Å². The van der Waals surface area contributed by atoms with Gasteiger partial charge in [-0.15, -0.1) is 11.6 Å². The molecule has 20 heavy (non-hydrogen) atoms. The average Bonchev–Trinajstić information content (AvgIpc) is 2.38. The molecule has 106 valence electrons. The first kappa shape index (κ1) is 15.2. The normalized spacial score (nSPS) is 12.5. The first-order chi connectivity index (χ1) is 9.47. The molecule has 0 fully saturated rings. The standard InChI is InChI=1S/C17H18Cl2O/c1-11(2)20-15-7-4-13(5-8-15)17(19)16-9-6-14(18)10-12(16)3/h4-11,17H,1-3H3. The highest BCUT2D eigenvalue weighted by atomic mass is 35.5. The van der Waals surface area contributed by atoms with E-state index in [1.165, 1.54) is 0 Å². The van der Waals surface area contributed by atoms with Gasteiger partial charge in [0.25, 0.3) is 0 Å². The molecule has 0 spiro atoms. The summed E-state index contributed by atoms with van der Waals surface area (Å²) in [6, 6.07) is 13.7. The molecular weight excluding hydrogens is 291 g/mol. The van der Waals surface area contributed by atoms with Crippen LogP contribution in [0.5, 0.6) is 5.75 Å². The highest BCUT2D eigenvalue weighted by Gasteiger charge is 2.13. The minimum absolute atomic E-state index is 0.172. The third-order valence-electron chi connectivity index (χ3n) is 3.05. The SMILES string of the molecule is Cc1cc(Cl)ccc1C(Cl)c1ccc(OC(C)C)cc1. The number of benzene rings is 2. The van der Waals surface area contributed by atoms with Crippen molar-refractivity contribution in [3.8, 4) is 5.75 Å². The van der Waals surface area contributed by atoms with E-state index in [2.05, 4.69) is 0 Å². The quantitative estimate of drug-likeness (QED) is 0.652. The second-order valence-corrected chi connectivity index (χ2v) is 5.97. The van der Waals surface area contributed by atoms with E-state index >= 15 is 0 Å². The summed E-state index contributed by atoms with van der Waals surface area (Å²) in [5, 5.41) is 0.552. The summed E-state index contributed by atoms with van der Waals surface area (Å²) in [6.45, 7) is 6.04. The molecule has 1 nitrogen and oxygen atoms in total. The summed E-state index contributed by atoms with van der Waals surface area (Å²) in [7, 11) is 0. The lowest BCUT2D eigenvalue weighted by atomic mass is 10.00. The molecule has 3 heteroatoms. The van der Waals surface area contributed by atoms with Crippen molar-refractivity contribution in [2.45, 2.75) is 32.3 Å². The third-order valence-corrected chi connectivity index (χ3v) is 3.77. The molecule has 0 aliphatic heterocycles. The fraction of sp³-hybridized carbons (Fsp3) is 0.294. The Morgan fingerprint density at radius 1 is 1.00 bits per heavy atom. The Balaban J connectivity index is 2.22. The zero-order valence-electron chi connectivity index (χ0n) is 11.9. The van der Waals surface area contributed by atoms with Crippen LogP contribution < -0.4 is 4.74 Å². The van der Waals surface area contributed by atoms with Gasteiger partial charge < -0.3 is 4.74 Å². The monoisotopic (exact) mass is 308 g/mol. The number of halogens is 2. The zero-order chi connectivity index (χ0) is 14.7. The van der Waals surface area contributed by atoms with Crippen LogP contribution in [0.1, 0.15) is 35.9 Å². The molecule has 2 aromatic rings. The lowest BCUT2D eigenvalue weighted by molar-refractivity contribution is 0.242. The van der Waals surface area contributed by atoms with Crippen molar-refractivity contribution < 1.29 is 4.74 Å². The largest absolute Gasteiger partial charge is 0.491 e. The molecule has 2 aromatic carbocycles. The zero-order valence-corrected chi connectivity index (χ0v) is 13.4. The first-order valence-corrected chi connectivity index (χ1v) is 7.45. The van der Waals surface area contributed by atoms with Gasteiger partial charge in [0, 0.05) is 5.02 Å². The Morgan fingerprint density at radius 3 is 2.20 bits per heavy atom. The first-order valence-electron chi connectivity index (χ1n) is 6.64. The summed E-state index contributed by atoms with van der Waals surface area (Å²) < 4.78 is 5.63. The van der Waals surface area contributed by atoms with Crippen LogP contribution in [-0.2, 0) is 0 Å². The van der Waals surface area contributed by atoms with E-state index in [-0.39, 0.29) is 11.5 Å². The fourth-order valence-electron chi connectivity index (χ4n) is 2.09. The lowest BCUT2D eigenvalue weighted by Gasteiger charge is -2.15. The summed E-state index contributed by atoms with van der Waals surface area (Å²) >= 11 is 12.5. The van der Waals surface area contributed by atoms with Gasteiger partial charge in [0.15, 0.2) is 0 Å². The molecule has 0 bridgehead atoms. The Kier molecular flexibility index (Phi) is 4.95. The summed E-state index contributed by atoms with van der Waals surface area (Å²) in [5.41, 5.74) is 3.22. The van der Waals surface area contributed by atoms with E-state index in [9.17, 15) is 0 Å². The number of hydrogen-bond donors (Lipinski definition) is 0. The molecule has 0 radical (unpaired) electrons. The van der Waals surface area contributed by atoms with E-state index < -0.39 is 0 Å². The highest BCUT2D eigenvalue weighted by Crippen LogP contribution is 2.33. The van der Waals surface area contributed by atoms with E-state index in [0.29, 0.717) is 0 Å². The van der Waals surface area contributed by atoms with E-state index in [4.69, 9.17) is 27.9 Å². The van der Waals surface area contributed by atoms with Gasteiger partial charge in [0.2, 0.25) is 0 Å². The minimum Gasteiger partial charge on any atom is -0.491 e. The summed E-state index contributed by atoms with van der Waals surface area (Å²) in [6.07, 6.45) is 0.172. The maximum Gasteiger partial charge on any atom is 0.119 e. The Labute approximate surface area is 130 Å². The predicted molar refractivity (Wildman–Crippen MR) is 86.1 cm³/mol. The van der Waals surface area contributed by atoms with Crippen LogP contribution in [0.2, 0.25) is 5.02 Å². The molecule has 0 saturated heterocycles. The summed E-state index contributed by atoms with van der Waals surface area (Å²) in [4.78, 5) is 0. The second-order valence-electron chi connectivity index (χ2n) is 5.10. The van der Waals surface area contributed by atoms with Crippen LogP contribution in [-0.4, -0.2) is 6.10 Å². The fourth-order valence-corrected chi connectivity index (χ4v) is 2.71. The van der Waals surface area contributed by atoms with Gasteiger partial charge in [-0.25, -0.2) is 0 Å². The smallest absolute Gasteiger partial charge is 0.119 e. The van der Waals surface area contributed by atoms with E-state index in [0.717, 1.165) is 27.5 Å². The van der Waals surface area contributed by atoms with Crippen molar-refractivity contribution in [1.82, 2.24) is 0 Å². The Hall–Kier alpha value is -1.18. The predicted octanol–water partition coefficient (Wildman–Crippen LogP) is 5.76. The van der Waals surface area contributed by atoms with E-state index in [1.807, 2.05) is 63.2 Å². The van der Waals surface area contributed by atoms with Gasteiger partial charge in [0.05, 0.1) is 11.5 Å². The van der Waals surface area contributed by atoms with Gasteiger partial charge in [-0.05, 0) is 61.7 Å². The third kappa shape index (κ3) is 3.68. The molecule has 0 heterocycles. The highest BCUT2D eigenvalue weighted by molar-refractivity contribution is 6.30. The number of alkyl halides is 1. The van der Waals surface area contributed by atoms with Crippen molar-refractivity contribution in [1.29, 1.82) is 0 Å². The molecule has 1 atom stereocenters. The van der Waals surface area contributed by atoms with Crippen molar-refractivity contribution in [3.05, 3.63) is 64.2 Å². The topological polar surface area (TPSA) is 9.23 Å². The van der Waals surface area contributed by atoms with Crippen LogP contribution >= 0.6 is 23.2 Å². The van der Waals surface area contributed by atoms with Crippen LogP contribution in [0.15, 0.2) is 42.5 Å². The molecule has 0 aliphatic rings. The van der Waals surface area contributed by atoms with E-state index in [1.54, 1.807) is 0 Å². The van der Waals surface area contributed by atoms with Crippen LogP contribution in [0.4, 0.5) is 0 Å². The molecule has 0 aliphatic carbocycles. The number of aryl methyl sites for hydroxylation is 1. The maximum atomic E-state index is 6.56. The number of rotatable bonds is 4. The van der Waals surface area contributed by atoms with Crippen molar-refractivity contribution >= 4 is 23.2 Å². The van der Waals surface area contributed by atoms with Gasteiger partial charge in [0.1, 0.15) is 5.75 Å². The van der Waals surface area contributed by atoms with Gasteiger partial charge in [-0.1, -0.05) is 29.8 Å². The van der Waals surface area contributed by atoms with Crippen LogP contribution in [0, 0.1) is 6.92 Å². The minimum atomic E-state index is -0.180.